The van der Waals surface area contributed by atoms with Crippen LogP contribution in [0.5, 0.6) is 0 Å². The number of carbonyl (C=O) groups is 1. The molecule has 2 aromatic heterocycles. The Hall–Kier alpha value is -0.910. The lowest BCUT2D eigenvalue weighted by molar-refractivity contribution is -0.117. The maximum absolute atomic E-state index is 11.9. The second-order valence-electron chi connectivity index (χ2n) is 4.22. The Kier molecular flexibility index (Phi) is 3.37. The molecule has 18 heavy (non-hydrogen) atoms. The highest BCUT2D eigenvalue weighted by atomic mass is 35.5. The summed E-state index contributed by atoms with van der Waals surface area (Å²) in [6.07, 6.45) is 0.539. The van der Waals surface area contributed by atoms with Gasteiger partial charge < -0.3 is 0 Å². The molecular formula is C12H11ClN2OS2. The van der Waals surface area contributed by atoms with E-state index in [1.165, 1.54) is 11.3 Å². The first-order valence-corrected chi connectivity index (χ1v) is 7.93. The SMILES string of the molecule is O=C1CC(CCl)CN1c1nc(-c2cccs2)cs1. The minimum absolute atomic E-state index is 0.132. The number of hydrogen-bond acceptors (Lipinski definition) is 4. The lowest BCUT2D eigenvalue weighted by Gasteiger charge is -2.11. The van der Waals surface area contributed by atoms with Gasteiger partial charge in [-0.15, -0.1) is 34.3 Å². The van der Waals surface area contributed by atoms with Crippen molar-refractivity contribution < 1.29 is 4.79 Å². The van der Waals surface area contributed by atoms with Crippen LogP contribution in [0, 0.1) is 5.92 Å². The van der Waals surface area contributed by atoms with Crippen molar-refractivity contribution in [3.05, 3.63) is 22.9 Å². The zero-order valence-electron chi connectivity index (χ0n) is 9.51. The summed E-state index contributed by atoms with van der Waals surface area (Å²) in [7, 11) is 0. The van der Waals surface area contributed by atoms with Gasteiger partial charge in [-0.2, -0.15) is 0 Å². The van der Waals surface area contributed by atoms with Crippen molar-refractivity contribution in [1.29, 1.82) is 0 Å². The van der Waals surface area contributed by atoms with E-state index in [2.05, 4.69) is 4.98 Å². The van der Waals surface area contributed by atoms with E-state index in [9.17, 15) is 4.79 Å². The first-order valence-electron chi connectivity index (χ1n) is 5.63. The molecule has 0 saturated carbocycles. The number of rotatable bonds is 3. The number of carbonyl (C=O) groups excluding carboxylic acids is 1. The van der Waals surface area contributed by atoms with Crippen LogP contribution in [0.1, 0.15) is 6.42 Å². The fourth-order valence-electron chi connectivity index (χ4n) is 2.00. The first kappa shape index (κ1) is 12.1. The third-order valence-corrected chi connectivity index (χ3v) is 5.11. The molecule has 3 heterocycles. The van der Waals surface area contributed by atoms with Crippen LogP contribution in [0.3, 0.4) is 0 Å². The molecule has 6 heteroatoms. The van der Waals surface area contributed by atoms with E-state index < -0.39 is 0 Å². The van der Waals surface area contributed by atoms with E-state index in [0.29, 0.717) is 18.8 Å². The zero-order valence-corrected chi connectivity index (χ0v) is 11.9. The number of alkyl halides is 1. The molecule has 1 aliphatic heterocycles. The summed E-state index contributed by atoms with van der Waals surface area (Å²) in [4.78, 5) is 19.3. The van der Waals surface area contributed by atoms with Gasteiger partial charge >= 0.3 is 0 Å². The zero-order chi connectivity index (χ0) is 12.5. The van der Waals surface area contributed by atoms with Crippen LogP contribution in [0.4, 0.5) is 5.13 Å². The molecule has 1 aliphatic rings. The molecule has 0 aromatic carbocycles. The Bertz CT molecular complexity index is 552. The Balaban J connectivity index is 1.84. The van der Waals surface area contributed by atoms with Gasteiger partial charge in [-0.25, -0.2) is 4.98 Å². The number of amides is 1. The Morgan fingerprint density at radius 1 is 1.50 bits per heavy atom. The van der Waals surface area contributed by atoms with Gasteiger partial charge in [-0.3, -0.25) is 9.69 Å². The molecule has 1 fully saturated rings. The van der Waals surface area contributed by atoms with Crippen molar-refractivity contribution in [3.8, 4) is 10.6 Å². The number of hydrogen-bond donors (Lipinski definition) is 0. The van der Waals surface area contributed by atoms with Crippen molar-refractivity contribution in [2.45, 2.75) is 6.42 Å². The molecule has 0 aliphatic carbocycles. The molecule has 3 nitrogen and oxygen atoms in total. The second-order valence-corrected chi connectivity index (χ2v) is 6.31. The number of thiophene rings is 1. The van der Waals surface area contributed by atoms with E-state index >= 15 is 0 Å². The van der Waals surface area contributed by atoms with Crippen LogP contribution < -0.4 is 4.90 Å². The fourth-order valence-corrected chi connectivity index (χ4v) is 3.81. The van der Waals surface area contributed by atoms with E-state index in [1.54, 1.807) is 16.2 Å². The van der Waals surface area contributed by atoms with E-state index in [4.69, 9.17) is 11.6 Å². The minimum atomic E-state index is 0.132. The maximum Gasteiger partial charge on any atom is 0.229 e. The summed E-state index contributed by atoms with van der Waals surface area (Å²) < 4.78 is 0. The average molecular weight is 299 g/mol. The van der Waals surface area contributed by atoms with Crippen LogP contribution in [-0.4, -0.2) is 23.3 Å². The summed E-state index contributed by atoms with van der Waals surface area (Å²) in [5.74, 6) is 0.923. The van der Waals surface area contributed by atoms with Crippen LogP contribution in [-0.2, 0) is 4.79 Å². The molecule has 0 bridgehead atoms. The van der Waals surface area contributed by atoms with Gasteiger partial charge in [-0.05, 0) is 17.4 Å². The molecule has 0 N–H and O–H groups in total. The summed E-state index contributed by atoms with van der Waals surface area (Å²) in [6, 6.07) is 4.04. The molecule has 1 unspecified atom stereocenters. The Labute approximate surface area is 118 Å². The highest BCUT2D eigenvalue weighted by Crippen LogP contribution is 2.33. The summed E-state index contributed by atoms with van der Waals surface area (Å²) in [5.41, 5.74) is 0.951. The molecule has 2 aromatic rings. The van der Waals surface area contributed by atoms with Gasteiger partial charge in [0.1, 0.15) is 0 Å². The number of nitrogens with zero attached hydrogens (tertiary/aromatic N) is 2. The van der Waals surface area contributed by atoms with E-state index in [-0.39, 0.29) is 11.8 Å². The third-order valence-electron chi connectivity index (χ3n) is 2.92. The van der Waals surface area contributed by atoms with Gasteiger partial charge in [0.05, 0.1) is 10.6 Å². The Morgan fingerprint density at radius 2 is 2.39 bits per heavy atom. The molecule has 94 valence electrons. The number of aromatic nitrogens is 1. The van der Waals surface area contributed by atoms with Crippen molar-refractivity contribution >= 4 is 45.3 Å². The second kappa shape index (κ2) is 4.99. The quantitative estimate of drug-likeness (QED) is 0.813. The monoisotopic (exact) mass is 298 g/mol. The molecule has 1 atom stereocenters. The van der Waals surface area contributed by atoms with E-state index in [0.717, 1.165) is 15.7 Å². The van der Waals surface area contributed by atoms with E-state index in [1.807, 2.05) is 22.9 Å². The number of thiazole rings is 1. The normalized spacial score (nSPS) is 19.7. The fraction of sp³-hybridized carbons (Fsp3) is 0.333. The van der Waals surface area contributed by atoms with Crippen molar-refractivity contribution in [3.63, 3.8) is 0 Å². The van der Waals surface area contributed by atoms with Crippen LogP contribution in [0.2, 0.25) is 0 Å². The van der Waals surface area contributed by atoms with Gasteiger partial charge in [0.15, 0.2) is 5.13 Å². The Morgan fingerprint density at radius 3 is 3.06 bits per heavy atom. The van der Waals surface area contributed by atoms with Crippen LogP contribution >= 0.6 is 34.3 Å². The summed E-state index contributed by atoms with van der Waals surface area (Å²) >= 11 is 8.99. The molecule has 0 radical (unpaired) electrons. The van der Waals surface area contributed by atoms with Gasteiger partial charge in [0.25, 0.3) is 0 Å². The van der Waals surface area contributed by atoms with Crippen LogP contribution in [0.15, 0.2) is 22.9 Å². The molecule has 1 amide bonds. The topological polar surface area (TPSA) is 33.2 Å². The number of anilines is 1. The lowest BCUT2D eigenvalue weighted by Crippen LogP contribution is -2.24. The largest absolute Gasteiger partial charge is 0.288 e. The standard InChI is InChI=1S/C12H11ClN2OS2/c13-5-8-4-11(16)15(6-8)12-14-9(7-18-12)10-2-1-3-17-10/h1-3,7-8H,4-6H2. The van der Waals surface area contributed by atoms with Crippen LogP contribution in [0.25, 0.3) is 10.6 Å². The maximum atomic E-state index is 11.9. The summed E-state index contributed by atoms with van der Waals surface area (Å²) in [6.45, 7) is 0.694. The third kappa shape index (κ3) is 2.18. The smallest absolute Gasteiger partial charge is 0.229 e. The highest BCUT2D eigenvalue weighted by Gasteiger charge is 2.31. The van der Waals surface area contributed by atoms with Crippen molar-refractivity contribution in [2.24, 2.45) is 5.92 Å². The van der Waals surface area contributed by atoms with Gasteiger partial charge in [0, 0.05) is 24.2 Å². The van der Waals surface area contributed by atoms with Gasteiger partial charge in [0.2, 0.25) is 5.91 Å². The minimum Gasteiger partial charge on any atom is -0.288 e. The van der Waals surface area contributed by atoms with Crippen molar-refractivity contribution in [1.82, 2.24) is 4.98 Å². The van der Waals surface area contributed by atoms with Gasteiger partial charge in [-0.1, -0.05) is 6.07 Å². The lowest BCUT2D eigenvalue weighted by atomic mass is 10.2. The predicted molar refractivity (Wildman–Crippen MR) is 76.6 cm³/mol. The highest BCUT2D eigenvalue weighted by molar-refractivity contribution is 7.16. The molecule has 1 saturated heterocycles. The molecule has 0 spiro atoms. The molecular weight excluding hydrogens is 288 g/mol. The number of halogens is 1. The predicted octanol–water partition coefficient (Wildman–Crippen LogP) is 3.46. The molecule has 3 rings (SSSR count). The first-order chi connectivity index (χ1) is 8.78. The summed E-state index contributed by atoms with van der Waals surface area (Å²) in [5, 5.41) is 4.82. The van der Waals surface area contributed by atoms with Crippen molar-refractivity contribution in [2.75, 3.05) is 17.3 Å². The average Bonchev–Trinajstić information content (AvgIpc) is 3.08.